The van der Waals surface area contributed by atoms with Gasteiger partial charge in [0.25, 0.3) is 0 Å². The van der Waals surface area contributed by atoms with Gasteiger partial charge in [0.2, 0.25) is 0 Å². The summed E-state index contributed by atoms with van der Waals surface area (Å²) in [4.78, 5) is 0. The maximum atomic E-state index is 13.3. The molecule has 1 aromatic rings. The van der Waals surface area contributed by atoms with E-state index in [1.165, 1.54) is 31.0 Å². The highest BCUT2D eigenvalue weighted by atomic mass is 35.5. The third-order valence-electron chi connectivity index (χ3n) is 3.56. The van der Waals surface area contributed by atoms with Gasteiger partial charge >= 0.3 is 0 Å². The predicted octanol–water partition coefficient (Wildman–Crippen LogP) is 3.22. The first-order valence-electron chi connectivity index (χ1n) is 6.40. The minimum absolute atomic E-state index is 0.271. The third-order valence-corrected chi connectivity index (χ3v) is 3.89. The molecule has 18 heavy (non-hydrogen) atoms. The molecule has 0 bridgehead atoms. The Morgan fingerprint density at radius 2 is 2.28 bits per heavy atom. The van der Waals surface area contributed by atoms with Crippen molar-refractivity contribution in [2.24, 2.45) is 0 Å². The molecule has 2 atom stereocenters. The first-order valence-corrected chi connectivity index (χ1v) is 6.78. The van der Waals surface area contributed by atoms with E-state index < -0.39 is 5.60 Å². The molecule has 0 saturated carbocycles. The molecule has 0 amide bonds. The van der Waals surface area contributed by atoms with Gasteiger partial charge in [-0.1, -0.05) is 18.0 Å². The molecule has 4 heteroatoms. The van der Waals surface area contributed by atoms with Gasteiger partial charge in [0.15, 0.2) is 0 Å². The van der Waals surface area contributed by atoms with Crippen LogP contribution >= 0.6 is 11.6 Å². The fraction of sp³-hybridized carbons (Fsp3) is 0.571. The van der Waals surface area contributed by atoms with Crippen molar-refractivity contribution in [3.63, 3.8) is 0 Å². The fourth-order valence-corrected chi connectivity index (χ4v) is 2.92. The lowest BCUT2D eigenvalue weighted by molar-refractivity contribution is 0.0330. The van der Waals surface area contributed by atoms with Crippen molar-refractivity contribution in [3.8, 4) is 0 Å². The Hall–Kier alpha value is -0.640. The molecular formula is C14H19ClFNO. The zero-order valence-corrected chi connectivity index (χ0v) is 11.3. The van der Waals surface area contributed by atoms with Crippen LogP contribution < -0.4 is 5.32 Å². The molecule has 2 unspecified atom stereocenters. The molecule has 0 aliphatic carbocycles. The van der Waals surface area contributed by atoms with Crippen molar-refractivity contribution >= 4 is 11.6 Å². The number of piperidine rings is 1. The van der Waals surface area contributed by atoms with Gasteiger partial charge in [-0.15, -0.1) is 0 Å². The first-order chi connectivity index (χ1) is 8.49. The van der Waals surface area contributed by atoms with Crippen molar-refractivity contribution in [1.29, 1.82) is 0 Å². The van der Waals surface area contributed by atoms with Crippen LogP contribution in [0.3, 0.4) is 0 Å². The van der Waals surface area contributed by atoms with E-state index in [4.69, 9.17) is 11.6 Å². The maximum Gasteiger partial charge on any atom is 0.123 e. The Kier molecular flexibility index (Phi) is 4.25. The molecule has 0 radical (unpaired) electrons. The van der Waals surface area contributed by atoms with Crippen LogP contribution in [0.4, 0.5) is 4.39 Å². The van der Waals surface area contributed by atoms with E-state index in [0.29, 0.717) is 17.0 Å². The number of rotatable bonds is 3. The van der Waals surface area contributed by atoms with Crippen LogP contribution in [0.25, 0.3) is 0 Å². The number of hydrogen-bond acceptors (Lipinski definition) is 2. The first kappa shape index (κ1) is 13.8. The lowest BCUT2D eigenvalue weighted by Gasteiger charge is -2.32. The average Bonchev–Trinajstić information content (AvgIpc) is 2.33. The summed E-state index contributed by atoms with van der Waals surface area (Å²) < 4.78 is 13.3. The standard InChI is InChI=1S/C14H19ClFNO/c1-14(18,9-11-4-2-3-7-17-11)12-8-10(16)5-6-13(12)15/h5-6,8,11,17-18H,2-4,7,9H2,1H3. The van der Waals surface area contributed by atoms with Gasteiger partial charge in [-0.2, -0.15) is 0 Å². The second-order valence-corrected chi connectivity index (χ2v) is 5.66. The largest absolute Gasteiger partial charge is 0.385 e. The van der Waals surface area contributed by atoms with E-state index in [2.05, 4.69) is 5.32 Å². The summed E-state index contributed by atoms with van der Waals surface area (Å²) >= 11 is 6.05. The Bertz CT molecular complexity index is 416. The quantitative estimate of drug-likeness (QED) is 0.885. The van der Waals surface area contributed by atoms with Crippen molar-refractivity contribution in [2.45, 2.75) is 44.2 Å². The Balaban J connectivity index is 2.15. The molecule has 1 fully saturated rings. The molecule has 0 spiro atoms. The summed E-state index contributed by atoms with van der Waals surface area (Å²) in [5.41, 5.74) is -0.634. The Labute approximate surface area is 112 Å². The number of hydrogen-bond donors (Lipinski definition) is 2. The minimum Gasteiger partial charge on any atom is -0.385 e. The fourth-order valence-electron chi connectivity index (χ4n) is 2.60. The molecule has 0 aromatic heterocycles. The minimum atomic E-state index is -1.10. The zero-order valence-electron chi connectivity index (χ0n) is 10.5. The summed E-state index contributed by atoms with van der Waals surface area (Å²) in [7, 11) is 0. The number of nitrogens with one attached hydrogen (secondary N) is 1. The van der Waals surface area contributed by atoms with Crippen LogP contribution in [0, 0.1) is 5.82 Å². The molecule has 2 N–H and O–H groups in total. The van der Waals surface area contributed by atoms with E-state index in [9.17, 15) is 9.50 Å². The lowest BCUT2D eigenvalue weighted by atomic mass is 9.86. The monoisotopic (exact) mass is 271 g/mol. The van der Waals surface area contributed by atoms with Crippen LogP contribution in [0.5, 0.6) is 0 Å². The van der Waals surface area contributed by atoms with Crippen molar-refractivity contribution < 1.29 is 9.50 Å². The Morgan fingerprint density at radius 1 is 1.50 bits per heavy atom. The molecule has 2 nitrogen and oxygen atoms in total. The SMILES string of the molecule is CC(O)(CC1CCCCN1)c1cc(F)ccc1Cl. The summed E-state index contributed by atoms with van der Waals surface area (Å²) in [6.07, 6.45) is 3.95. The van der Waals surface area contributed by atoms with Crippen LogP contribution in [0.2, 0.25) is 5.02 Å². The van der Waals surface area contributed by atoms with E-state index >= 15 is 0 Å². The van der Waals surface area contributed by atoms with Gasteiger partial charge < -0.3 is 10.4 Å². The molecule has 100 valence electrons. The summed E-state index contributed by atoms with van der Waals surface area (Å²) in [6, 6.07) is 4.40. The Morgan fingerprint density at radius 3 is 2.94 bits per heavy atom. The molecule has 2 rings (SSSR count). The number of halogens is 2. The number of benzene rings is 1. The van der Waals surface area contributed by atoms with Gasteiger partial charge in [0.1, 0.15) is 5.82 Å². The smallest absolute Gasteiger partial charge is 0.123 e. The normalized spacial score (nSPS) is 23.7. The third kappa shape index (κ3) is 3.22. The van der Waals surface area contributed by atoms with Crippen LogP contribution in [-0.2, 0) is 5.60 Å². The average molecular weight is 272 g/mol. The van der Waals surface area contributed by atoms with Gasteiger partial charge in [-0.3, -0.25) is 0 Å². The summed E-state index contributed by atoms with van der Waals surface area (Å²) in [5.74, 6) is -0.369. The predicted molar refractivity (Wildman–Crippen MR) is 71.2 cm³/mol. The van der Waals surface area contributed by atoms with Crippen molar-refractivity contribution in [1.82, 2.24) is 5.32 Å². The van der Waals surface area contributed by atoms with E-state index in [0.717, 1.165) is 13.0 Å². The molecule has 1 aliphatic heterocycles. The van der Waals surface area contributed by atoms with Crippen molar-refractivity contribution in [2.75, 3.05) is 6.54 Å². The molecule has 1 heterocycles. The lowest BCUT2D eigenvalue weighted by Crippen LogP contribution is -2.39. The molecular weight excluding hydrogens is 253 g/mol. The number of aliphatic hydroxyl groups is 1. The summed E-state index contributed by atoms with van der Waals surface area (Å²) in [5, 5.41) is 14.3. The van der Waals surface area contributed by atoms with Crippen molar-refractivity contribution in [3.05, 3.63) is 34.6 Å². The van der Waals surface area contributed by atoms with Crippen LogP contribution in [0.1, 0.15) is 38.2 Å². The van der Waals surface area contributed by atoms with E-state index in [1.54, 1.807) is 6.92 Å². The van der Waals surface area contributed by atoms with Gasteiger partial charge in [-0.25, -0.2) is 4.39 Å². The second-order valence-electron chi connectivity index (χ2n) is 5.25. The summed E-state index contributed by atoms with van der Waals surface area (Å²) in [6.45, 7) is 2.68. The van der Waals surface area contributed by atoms with E-state index in [-0.39, 0.29) is 11.9 Å². The molecule has 1 aromatic carbocycles. The topological polar surface area (TPSA) is 32.3 Å². The van der Waals surface area contributed by atoms with Crippen LogP contribution in [0.15, 0.2) is 18.2 Å². The highest BCUT2D eigenvalue weighted by molar-refractivity contribution is 6.31. The highest BCUT2D eigenvalue weighted by Gasteiger charge is 2.30. The zero-order chi connectivity index (χ0) is 13.2. The maximum absolute atomic E-state index is 13.3. The highest BCUT2D eigenvalue weighted by Crippen LogP contribution is 2.33. The van der Waals surface area contributed by atoms with E-state index in [1.807, 2.05) is 0 Å². The van der Waals surface area contributed by atoms with Gasteiger partial charge in [-0.05, 0) is 50.9 Å². The second kappa shape index (κ2) is 5.55. The van der Waals surface area contributed by atoms with Gasteiger partial charge in [0.05, 0.1) is 5.60 Å². The molecule has 1 saturated heterocycles. The molecule has 1 aliphatic rings. The van der Waals surface area contributed by atoms with Gasteiger partial charge in [0, 0.05) is 16.6 Å². The van der Waals surface area contributed by atoms with Crippen LogP contribution in [-0.4, -0.2) is 17.7 Å².